The minimum atomic E-state index is -0.526. The number of anilines is 1. The molecule has 1 aromatic heterocycles. The first-order chi connectivity index (χ1) is 11.0. The van der Waals surface area contributed by atoms with Crippen LogP contribution in [0.5, 0.6) is 5.75 Å². The highest BCUT2D eigenvalue weighted by Crippen LogP contribution is 2.27. The Kier molecular flexibility index (Phi) is 5.78. The third-order valence-electron chi connectivity index (χ3n) is 2.72. The van der Waals surface area contributed by atoms with Crippen LogP contribution in [0.2, 0.25) is 5.02 Å². The SMILES string of the molecule is COc1ccc(NC(=O)CSc2ccc([N+](=O)[O-])cn2)cc1Cl. The van der Waals surface area contributed by atoms with Gasteiger partial charge >= 0.3 is 0 Å². The second kappa shape index (κ2) is 7.80. The summed E-state index contributed by atoms with van der Waals surface area (Å²) in [7, 11) is 1.51. The van der Waals surface area contributed by atoms with Gasteiger partial charge in [0.15, 0.2) is 0 Å². The molecule has 1 aromatic carbocycles. The number of nitrogens with one attached hydrogen (secondary N) is 1. The minimum Gasteiger partial charge on any atom is -0.495 e. The van der Waals surface area contributed by atoms with Crippen molar-refractivity contribution in [2.75, 3.05) is 18.2 Å². The molecule has 1 N–H and O–H groups in total. The molecule has 120 valence electrons. The topological polar surface area (TPSA) is 94.4 Å². The van der Waals surface area contributed by atoms with Crippen molar-refractivity contribution >= 4 is 40.6 Å². The fourth-order valence-electron chi connectivity index (χ4n) is 1.65. The average Bonchev–Trinajstić information content (AvgIpc) is 2.53. The Morgan fingerprint density at radius 1 is 1.43 bits per heavy atom. The molecule has 0 unspecified atom stereocenters. The molecular formula is C14H12ClN3O4S. The molecule has 9 heteroatoms. The minimum absolute atomic E-state index is 0.0910. The lowest BCUT2D eigenvalue weighted by molar-refractivity contribution is -0.385. The lowest BCUT2D eigenvalue weighted by Crippen LogP contribution is -2.14. The zero-order valence-corrected chi connectivity index (χ0v) is 13.6. The van der Waals surface area contributed by atoms with E-state index in [1.807, 2.05) is 0 Å². The third kappa shape index (κ3) is 4.83. The molecule has 2 rings (SSSR count). The van der Waals surface area contributed by atoms with Gasteiger partial charge in [-0.2, -0.15) is 0 Å². The summed E-state index contributed by atoms with van der Waals surface area (Å²) >= 11 is 7.16. The van der Waals surface area contributed by atoms with Crippen LogP contribution in [0, 0.1) is 10.1 Å². The number of hydrogen-bond acceptors (Lipinski definition) is 6. The molecule has 0 saturated carbocycles. The number of carbonyl (C=O) groups is 1. The number of ether oxygens (including phenoxy) is 1. The number of methoxy groups -OCH3 is 1. The maximum atomic E-state index is 11.9. The molecule has 0 bridgehead atoms. The Hall–Kier alpha value is -2.32. The van der Waals surface area contributed by atoms with E-state index in [1.54, 1.807) is 18.2 Å². The van der Waals surface area contributed by atoms with Crippen molar-refractivity contribution in [1.29, 1.82) is 0 Å². The molecule has 0 aliphatic carbocycles. The maximum Gasteiger partial charge on any atom is 0.287 e. The highest BCUT2D eigenvalue weighted by Gasteiger charge is 2.09. The zero-order valence-electron chi connectivity index (χ0n) is 12.0. The van der Waals surface area contributed by atoms with Gasteiger partial charge in [-0.1, -0.05) is 23.4 Å². The number of thioether (sulfide) groups is 1. The van der Waals surface area contributed by atoms with E-state index in [9.17, 15) is 14.9 Å². The van der Waals surface area contributed by atoms with Crippen molar-refractivity contribution in [2.45, 2.75) is 5.03 Å². The first-order valence-electron chi connectivity index (χ1n) is 6.36. The van der Waals surface area contributed by atoms with Crippen LogP contribution in [-0.2, 0) is 4.79 Å². The van der Waals surface area contributed by atoms with Crippen molar-refractivity contribution < 1.29 is 14.5 Å². The van der Waals surface area contributed by atoms with Crippen molar-refractivity contribution in [3.63, 3.8) is 0 Å². The number of nitrogens with zero attached hydrogens (tertiary/aromatic N) is 2. The maximum absolute atomic E-state index is 11.9. The highest BCUT2D eigenvalue weighted by molar-refractivity contribution is 7.99. The summed E-state index contributed by atoms with van der Waals surface area (Å²) in [6.07, 6.45) is 1.16. The summed E-state index contributed by atoms with van der Waals surface area (Å²) in [6.45, 7) is 0. The normalized spacial score (nSPS) is 10.2. The van der Waals surface area contributed by atoms with Crippen LogP contribution in [0.15, 0.2) is 41.6 Å². The monoisotopic (exact) mass is 353 g/mol. The van der Waals surface area contributed by atoms with Gasteiger partial charge in [0.2, 0.25) is 5.91 Å². The lowest BCUT2D eigenvalue weighted by atomic mass is 10.3. The molecule has 0 radical (unpaired) electrons. The molecular weight excluding hydrogens is 342 g/mol. The van der Waals surface area contributed by atoms with Gasteiger partial charge < -0.3 is 10.1 Å². The number of carbonyl (C=O) groups excluding carboxylic acids is 1. The molecule has 23 heavy (non-hydrogen) atoms. The summed E-state index contributed by atoms with van der Waals surface area (Å²) in [4.78, 5) is 25.8. The molecule has 1 amide bonds. The van der Waals surface area contributed by atoms with E-state index in [0.717, 1.165) is 6.20 Å². The van der Waals surface area contributed by atoms with Gasteiger partial charge in [-0.3, -0.25) is 14.9 Å². The second-order valence-electron chi connectivity index (χ2n) is 4.30. The number of pyridine rings is 1. The predicted molar refractivity (Wildman–Crippen MR) is 88.2 cm³/mol. The van der Waals surface area contributed by atoms with E-state index in [2.05, 4.69) is 10.3 Å². The van der Waals surface area contributed by atoms with Crippen LogP contribution in [-0.4, -0.2) is 28.7 Å². The molecule has 0 aliphatic heterocycles. The number of aromatic nitrogens is 1. The van der Waals surface area contributed by atoms with Gasteiger partial charge in [-0.25, -0.2) is 4.98 Å². The van der Waals surface area contributed by atoms with Gasteiger partial charge in [0.25, 0.3) is 5.69 Å². The van der Waals surface area contributed by atoms with Crippen LogP contribution in [0.4, 0.5) is 11.4 Å². The van der Waals surface area contributed by atoms with Gasteiger partial charge in [0.05, 0.1) is 27.8 Å². The molecule has 0 saturated heterocycles. The molecule has 1 heterocycles. The van der Waals surface area contributed by atoms with Crippen LogP contribution >= 0.6 is 23.4 Å². The highest BCUT2D eigenvalue weighted by atomic mass is 35.5. The number of rotatable bonds is 6. The van der Waals surface area contributed by atoms with E-state index in [-0.39, 0.29) is 17.3 Å². The summed E-state index contributed by atoms with van der Waals surface area (Å²) in [6, 6.07) is 7.77. The lowest BCUT2D eigenvalue weighted by Gasteiger charge is -2.07. The summed E-state index contributed by atoms with van der Waals surface area (Å²) in [5.74, 6) is 0.402. The Balaban J connectivity index is 1.89. The van der Waals surface area contributed by atoms with Gasteiger partial charge in [0, 0.05) is 11.8 Å². The Morgan fingerprint density at radius 2 is 2.22 bits per heavy atom. The van der Waals surface area contributed by atoms with Crippen LogP contribution in [0.1, 0.15) is 0 Å². The standard InChI is InChI=1S/C14H12ClN3O4S/c1-22-12-4-2-9(6-11(12)15)17-13(19)8-23-14-5-3-10(7-16-14)18(20)21/h2-7H,8H2,1H3,(H,17,19). The van der Waals surface area contributed by atoms with Crippen LogP contribution in [0.25, 0.3) is 0 Å². The van der Waals surface area contributed by atoms with E-state index >= 15 is 0 Å². The summed E-state index contributed by atoms with van der Waals surface area (Å²) in [5.41, 5.74) is 0.463. The predicted octanol–water partition coefficient (Wildman–Crippen LogP) is 3.38. The first-order valence-corrected chi connectivity index (χ1v) is 7.72. The number of halogens is 1. The van der Waals surface area contributed by atoms with E-state index in [1.165, 1.54) is 31.0 Å². The Morgan fingerprint density at radius 3 is 2.78 bits per heavy atom. The Labute approximate surface area is 141 Å². The quantitative estimate of drug-likeness (QED) is 0.486. The van der Waals surface area contributed by atoms with E-state index < -0.39 is 4.92 Å². The van der Waals surface area contributed by atoms with Crippen molar-refractivity contribution in [3.8, 4) is 5.75 Å². The zero-order chi connectivity index (χ0) is 16.8. The first kappa shape index (κ1) is 17.0. The van der Waals surface area contributed by atoms with Crippen molar-refractivity contribution in [1.82, 2.24) is 4.98 Å². The number of benzene rings is 1. The molecule has 0 aliphatic rings. The smallest absolute Gasteiger partial charge is 0.287 e. The molecule has 0 fully saturated rings. The molecule has 0 spiro atoms. The third-order valence-corrected chi connectivity index (χ3v) is 3.96. The van der Waals surface area contributed by atoms with Crippen LogP contribution < -0.4 is 10.1 Å². The summed E-state index contributed by atoms with van der Waals surface area (Å²) < 4.78 is 5.03. The molecule has 0 atom stereocenters. The average molecular weight is 354 g/mol. The number of nitro groups is 1. The molecule has 7 nitrogen and oxygen atoms in total. The van der Waals surface area contributed by atoms with Gasteiger partial charge in [-0.05, 0) is 24.3 Å². The van der Waals surface area contributed by atoms with Crippen LogP contribution in [0.3, 0.4) is 0 Å². The fraction of sp³-hybridized carbons (Fsp3) is 0.143. The Bertz CT molecular complexity index is 724. The largest absolute Gasteiger partial charge is 0.495 e. The van der Waals surface area contributed by atoms with E-state index in [0.29, 0.717) is 21.5 Å². The van der Waals surface area contributed by atoms with Crippen molar-refractivity contribution in [3.05, 3.63) is 51.7 Å². The van der Waals surface area contributed by atoms with Gasteiger partial charge in [-0.15, -0.1) is 0 Å². The fourth-order valence-corrected chi connectivity index (χ4v) is 2.55. The van der Waals surface area contributed by atoms with Crippen molar-refractivity contribution in [2.24, 2.45) is 0 Å². The second-order valence-corrected chi connectivity index (χ2v) is 5.70. The number of hydrogen-bond donors (Lipinski definition) is 1. The van der Waals surface area contributed by atoms with Gasteiger partial charge in [0.1, 0.15) is 11.9 Å². The number of amides is 1. The van der Waals surface area contributed by atoms with E-state index in [4.69, 9.17) is 16.3 Å². The molecule has 2 aromatic rings. The summed E-state index contributed by atoms with van der Waals surface area (Å²) in [5, 5.41) is 14.2.